The Hall–Kier alpha value is -2.37. The summed E-state index contributed by atoms with van der Waals surface area (Å²) in [7, 11) is 3.15. The summed E-state index contributed by atoms with van der Waals surface area (Å²) in [5.41, 5.74) is 2.68. The normalized spacial score (nSPS) is 11.6. The van der Waals surface area contributed by atoms with Gasteiger partial charge in [-0.25, -0.2) is 9.31 Å². The van der Waals surface area contributed by atoms with Gasteiger partial charge < -0.3 is 0 Å². The first-order valence-corrected chi connectivity index (χ1v) is 5.97. The van der Waals surface area contributed by atoms with Gasteiger partial charge in [0.05, 0.1) is 22.1 Å². The molecule has 0 aliphatic carbocycles. The number of hydrogen-bond donors (Lipinski definition) is 0. The lowest BCUT2D eigenvalue weighted by Crippen LogP contribution is -2.36. The van der Waals surface area contributed by atoms with E-state index < -0.39 is 0 Å². The Kier molecular flexibility index (Phi) is 2.20. The summed E-state index contributed by atoms with van der Waals surface area (Å²) in [4.78, 5) is 24.2. The molecule has 3 aromatic heterocycles. The van der Waals surface area contributed by atoms with E-state index >= 15 is 0 Å². The molecule has 0 radical (unpaired) electrons. The van der Waals surface area contributed by atoms with Crippen molar-refractivity contribution in [2.24, 2.45) is 14.1 Å². The SMILES string of the molecule is Cc1cc(C)c2c3c(cn2n1)c(=O)n(C)c(=O)n3C. The van der Waals surface area contributed by atoms with Gasteiger partial charge >= 0.3 is 5.69 Å². The first-order chi connectivity index (χ1) is 8.91. The van der Waals surface area contributed by atoms with Crippen LogP contribution in [-0.2, 0) is 14.1 Å². The summed E-state index contributed by atoms with van der Waals surface area (Å²) in [6.45, 7) is 3.85. The Balaban J connectivity index is 2.76. The topological polar surface area (TPSA) is 61.3 Å². The molecule has 0 spiro atoms. The van der Waals surface area contributed by atoms with Crippen molar-refractivity contribution in [1.82, 2.24) is 18.7 Å². The van der Waals surface area contributed by atoms with Crippen molar-refractivity contribution in [2.75, 3.05) is 0 Å². The predicted molar refractivity (Wildman–Crippen MR) is 72.7 cm³/mol. The molecule has 3 aromatic rings. The number of aromatic nitrogens is 4. The maximum Gasteiger partial charge on any atom is 0.331 e. The molecule has 0 N–H and O–H groups in total. The standard InChI is InChI=1S/C13H14N4O2/c1-7-5-8(2)14-17-6-9-11(10(7)17)15(3)13(19)16(4)12(9)18/h5-6H,1-4H3. The minimum absolute atomic E-state index is 0.291. The van der Waals surface area contributed by atoms with Gasteiger partial charge in [-0.05, 0) is 25.5 Å². The Bertz CT molecular complexity index is 943. The van der Waals surface area contributed by atoms with Crippen LogP contribution in [0.3, 0.4) is 0 Å². The summed E-state index contributed by atoms with van der Waals surface area (Å²) >= 11 is 0. The number of nitrogens with zero attached hydrogens (tertiary/aromatic N) is 4. The van der Waals surface area contributed by atoms with Gasteiger partial charge in [0.2, 0.25) is 0 Å². The smallest absolute Gasteiger partial charge is 0.294 e. The van der Waals surface area contributed by atoms with E-state index in [9.17, 15) is 9.59 Å². The van der Waals surface area contributed by atoms with E-state index in [0.717, 1.165) is 21.3 Å². The maximum absolute atomic E-state index is 12.2. The van der Waals surface area contributed by atoms with Gasteiger partial charge in [-0.1, -0.05) is 0 Å². The number of rotatable bonds is 0. The summed E-state index contributed by atoms with van der Waals surface area (Å²) in [5, 5.41) is 4.87. The van der Waals surface area contributed by atoms with Gasteiger partial charge in [-0.2, -0.15) is 5.10 Å². The van der Waals surface area contributed by atoms with Crippen LogP contribution in [0.5, 0.6) is 0 Å². The van der Waals surface area contributed by atoms with Crippen molar-refractivity contribution in [3.8, 4) is 0 Å². The van der Waals surface area contributed by atoms with Crippen LogP contribution in [0.4, 0.5) is 0 Å². The highest BCUT2D eigenvalue weighted by Crippen LogP contribution is 2.20. The molecule has 0 atom stereocenters. The lowest BCUT2D eigenvalue weighted by atomic mass is 10.2. The second-order valence-electron chi connectivity index (χ2n) is 4.86. The molecular formula is C13H14N4O2. The summed E-state index contributed by atoms with van der Waals surface area (Å²) in [6.07, 6.45) is 1.69. The molecule has 0 amide bonds. The number of aryl methyl sites for hydroxylation is 3. The predicted octanol–water partition coefficient (Wildman–Crippen LogP) is 0.502. The molecule has 6 heteroatoms. The van der Waals surface area contributed by atoms with Crippen LogP contribution in [0.15, 0.2) is 21.9 Å². The van der Waals surface area contributed by atoms with E-state index in [1.807, 2.05) is 19.9 Å². The third-order valence-corrected chi connectivity index (χ3v) is 3.47. The first-order valence-electron chi connectivity index (χ1n) is 5.97. The molecule has 0 bridgehead atoms. The van der Waals surface area contributed by atoms with Gasteiger partial charge in [0.1, 0.15) is 0 Å². The van der Waals surface area contributed by atoms with E-state index in [1.54, 1.807) is 17.8 Å². The van der Waals surface area contributed by atoms with Gasteiger partial charge in [0, 0.05) is 20.3 Å². The van der Waals surface area contributed by atoms with Crippen molar-refractivity contribution in [2.45, 2.75) is 13.8 Å². The Labute approximate surface area is 108 Å². The second-order valence-corrected chi connectivity index (χ2v) is 4.86. The van der Waals surface area contributed by atoms with Crippen LogP contribution in [0.1, 0.15) is 11.3 Å². The average molecular weight is 258 g/mol. The highest BCUT2D eigenvalue weighted by Gasteiger charge is 2.15. The first kappa shape index (κ1) is 11.7. The molecule has 3 rings (SSSR count). The molecule has 0 aliphatic heterocycles. The zero-order valence-electron chi connectivity index (χ0n) is 11.3. The molecule has 0 saturated carbocycles. The van der Waals surface area contributed by atoms with Crippen LogP contribution in [0.2, 0.25) is 0 Å². The maximum atomic E-state index is 12.2. The minimum atomic E-state index is -0.328. The van der Waals surface area contributed by atoms with Crippen molar-refractivity contribution < 1.29 is 0 Å². The van der Waals surface area contributed by atoms with Crippen LogP contribution in [0.25, 0.3) is 16.4 Å². The zero-order chi connectivity index (χ0) is 13.9. The highest BCUT2D eigenvalue weighted by molar-refractivity contribution is 5.95. The van der Waals surface area contributed by atoms with Crippen LogP contribution >= 0.6 is 0 Å². The summed E-state index contributed by atoms with van der Waals surface area (Å²) in [6, 6.07) is 1.94. The minimum Gasteiger partial charge on any atom is -0.294 e. The van der Waals surface area contributed by atoms with Crippen molar-refractivity contribution in [3.05, 3.63) is 44.4 Å². The van der Waals surface area contributed by atoms with Crippen molar-refractivity contribution in [3.63, 3.8) is 0 Å². The van der Waals surface area contributed by atoms with E-state index in [4.69, 9.17) is 0 Å². The molecule has 0 fully saturated rings. The molecule has 3 heterocycles. The third kappa shape index (κ3) is 1.39. The van der Waals surface area contributed by atoms with Crippen LogP contribution in [-0.4, -0.2) is 18.7 Å². The van der Waals surface area contributed by atoms with Gasteiger partial charge in [-0.15, -0.1) is 0 Å². The van der Waals surface area contributed by atoms with E-state index in [0.29, 0.717) is 10.9 Å². The van der Waals surface area contributed by atoms with E-state index in [2.05, 4.69) is 5.10 Å². The molecule has 0 saturated heterocycles. The number of fused-ring (bicyclic) bond motifs is 3. The molecule has 6 nitrogen and oxygen atoms in total. The van der Waals surface area contributed by atoms with Gasteiger partial charge in [0.25, 0.3) is 5.56 Å². The fraction of sp³-hybridized carbons (Fsp3) is 0.308. The lowest BCUT2D eigenvalue weighted by Gasteiger charge is -2.05. The molecule has 0 unspecified atom stereocenters. The zero-order valence-corrected chi connectivity index (χ0v) is 11.3. The Morgan fingerprint density at radius 2 is 1.74 bits per heavy atom. The molecule has 98 valence electrons. The van der Waals surface area contributed by atoms with E-state index in [1.165, 1.54) is 11.6 Å². The van der Waals surface area contributed by atoms with Crippen molar-refractivity contribution in [1.29, 1.82) is 0 Å². The lowest BCUT2D eigenvalue weighted by molar-refractivity contribution is 0.715. The van der Waals surface area contributed by atoms with E-state index in [-0.39, 0.29) is 11.2 Å². The Morgan fingerprint density at radius 1 is 1.05 bits per heavy atom. The third-order valence-electron chi connectivity index (χ3n) is 3.47. The quantitative estimate of drug-likeness (QED) is 0.590. The summed E-state index contributed by atoms with van der Waals surface area (Å²) < 4.78 is 4.29. The van der Waals surface area contributed by atoms with Crippen LogP contribution < -0.4 is 11.2 Å². The molecule has 19 heavy (non-hydrogen) atoms. The van der Waals surface area contributed by atoms with Gasteiger partial charge in [0.15, 0.2) is 0 Å². The Morgan fingerprint density at radius 3 is 2.42 bits per heavy atom. The average Bonchev–Trinajstić information content (AvgIpc) is 2.73. The summed E-state index contributed by atoms with van der Waals surface area (Å²) in [5.74, 6) is 0. The second kappa shape index (κ2) is 3.57. The van der Waals surface area contributed by atoms with Gasteiger partial charge in [-0.3, -0.25) is 13.9 Å². The highest BCUT2D eigenvalue weighted by atomic mass is 16.2. The fourth-order valence-electron chi connectivity index (χ4n) is 2.60. The number of hydrogen-bond acceptors (Lipinski definition) is 3. The largest absolute Gasteiger partial charge is 0.331 e. The van der Waals surface area contributed by atoms with Crippen LogP contribution in [0, 0.1) is 13.8 Å². The molecular weight excluding hydrogens is 244 g/mol. The monoisotopic (exact) mass is 258 g/mol. The molecule has 0 aromatic carbocycles. The fourth-order valence-corrected chi connectivity index (χ4v) is 2.60. The molecule has 0 aliphatic rings. The van der Waals surface area contributed by atoms with Crippen molar-refractivity contribution >= 4 is 16.4 Å².